The number of fused-ring (bicyclic) bond motifs is 4. The second kappa shape index (κ2) is 76.9. The number of rotatable bonds is 80. The van der Waals surface area contributed by atoms with Gasteiger partial charge in [-0.2, -0.15) is 9.59 Å². The molecule has 0 bridgehead atoms. The summed E-state index contributed by atoms with van der Waals surface area (Å²) in [7, 11) is -5.05. The highest BCUT2D eigenvalue weighted by atomic mass is 32.2. The fourth-order valence-electron chi connectivity index (χ4n) is 12.7. The molecule has 0 atom stereocenters. The fraction of sp³-hybridized carbons (Fsp3) is 0.561. The number of aliphatic carboxylic acids is 1. The van der Waals surface area contributed by atoms with Crippen LogP contribution in [0.25, 0.3) is 66.8 Å². The van der Waals surface area contributed by atoms with Gasteiger partial charge in [-0.3, -0.25) is 9.59 Å². The summed E-state index contributed by atoms with van der Waals surface area (Å²) >= 11 is 0. The van der Waals surface area contributed by atoms with Crippen molar-refractivity contribution in [1.29, 1.82) is 10.8 Å². The molecule has 4 aromatic carbocycles. The van der Waals surface area contributed by atoms with Crippen molar-refractivity contribution in [3.05, 3.63) is 136 Å². The molecule has 0 saturated carbocycles. The van der Waals surface area contributed by atoms with Crippen molar-refractivity contribution in [1.82, 2.24) is 5.32 Å². The van der Waals surface area contributed by atoms with Crippen molar-refractivity contribution in [2.75, 3.05) is 335 Å². The molecule has 0 saturated heterocycles. The number of aromatic carboxylic acids is 1. The lowest BCUT2D eigenvalue weighted by atomic mass is 9.89. The van der Waals surface area contributed by atoms with Crippen LogP contribution in [0.4, 0.5) is 11.4 Å². The van der Waals surface area contributed by atoms with Crippen LogP contribution in [-0.2, 0) is 143 Å². The zero-order valence-corrected chi connectivity index (χ0v) is 82.2. The molecular weight excluding hydrogens is 1870 g/mol. The zero-order valence-electron chi connectivity index (χ0n) is 81.3. The predicted octanol–water partition coefficient (Wildman–Crippen LogP) is 7.67. The predicted molar refractivity (Wildman–Crippen MR) is 512 cm³/mol. The van der Waals surface area contributed by atoms with Crippen molar-refractivity contribution < 1.29 is 174 Å². The van der Waals surface area contributed by atoms with Crippen LogP contribution < -0.4 is 27.5 Å². The quantitative estimate of drug-likeness (QED) is 0.00831. The van der Waals surface area contributed by atoms with Crippen molar-refractivity contribution in [3.8, 4) is 44.9 Å². The Morgan fingerprint density at radius 3 is 0.957 bits per heavy atom. The van der Waals surface area contributed by atoms with Crippen LogP contribution in [0.1, 0.15) is 57.7 Å². The molecule has 0 fully saturated rings. The molecule has 9 N–H and O–H groups in total. The summed E-state index contributed by atoms with van der Waals surface area (Å²) in [6.45, 7) is 29.5. The van der Waals surface area contributed by atoms with Crippen LogP contribution in [0.2, 0.25) is 0 Å². The van der Waals surface area contributed by atoms with Crippen LogP contribution in [0.15, 0.2) is 111 Å². The van der Waals surface area contributed by atoms with Crippen molar-refractivity contribution in [2.45, 2.75) is 45.9 Å². The van der Waals surface area contributed by atoms with Crippen molar-refractivity contribution >= 4 is 73.2 Å². The van der Waals surface area contributed by atoms with Gasteiger partial charge in [0.15, 0.2) is 5.58 Å². The minimum Gasteiger partial charge on any atom is -0.744 e. The van der Waals surface area contributed by atoms with Gasteiger partial charge >= 0.3 is 18.1 Å². The summed E-state index contributed by atoms with van der Waals surface area (Å²) < 4.78 is 181. The molecule has 0 spiro atoms. The van der Waals surface area contributed by atoms with Crippen LogP contribution in [0.3, 0.4) is 0 Å². The fourth-order valence-corrected chi connectivity index (χ4v) is 13.4. The van der Waals surface area contributed by atoms with Crippen LogP contribution in [-0.4, -0.2) is 377 Å². The number of carboxylic acid groups (broad SMARTS) is 2. The largest absolute Gasteiger partial charge is 0.744 e. The molecule has 786 valence electrons. The zero-order chi connectivity index (χ0) is 102. The number of nitrogens with two attached hydrogens (primary N) is 2. The van der Waals surface area contributed by atoms with E-state index in [-0.39, 0.29) is 72.0 Å². The van der Waals surface area contributed by atoms with Gasteiger partial charge in [0, 0.05) is 67.5 Å². The lowest BCUT2D eigenvalue weighted by molar-refractivity contribution is -0.191. The van der Waals surface area contributed by atoms with E-state index < -0.39 is 27.0 Å². The molecule has 4 aromatic rings. The number of carboxylic acids is 2. The van der Waals surface area contributed by atoms with Gasteiger partial charge < -0.3 is 170 Å². The van der Waals surface area contributed by atoms with E-state index >= 15 is 0 Å². The monoisotopic (exact) mass is 2010 g/mol. The number of amides is 1. The number of ether oxygens (including phenoxy) is 24. The van der Waals surface area contributed by atoms with Crippen molar-refractivity contribution in [2.24, 2.45) is 0 Å². The topological polar surface area (TPSA) is 560 Å². The normalized spacial score (nSPS) is 11.4. The molecule has 4 aliphatic rings. The van der Waals surface area contributed by atoms with E-state index in [1.165, 1.54) is 19.9 Å². The molecule has 2 aliphatic carbocycles. The van der Waals surface area contributed by atoms with E-state index in [0.717, 1.165) is 22.1 Å². The summed E-state index contributed by atoms with van der Waals surface area (Å²) in [6.07, 6.45) is 0.235. The SMILES string of the molecule is CC(C)=O.Cc1c2oc3c(C)c(N)ccc3c(-c3ccccc3C(=O)O)c-2ccc1=N.Cc1c2oc3c(S(=O)(=O)[O-])c(N)ccc3c(-c3cccc(C(=O)NCCOCCOCCOCCOCCOCCOCCOCCOCCOCCOCCOCCOCCOCCOCCOCCOCCOCCOCCOCCOCCOCCOCCOCCOCCC(=O)O)c3)c-2ccc1=N.O=C=O. The standard InChI is InChI=1S/C72H117N3O31S.C22H18N2O3.C3H6O.CO2/c1-60-65(73)7-5-63-68(64-6-8-66(74)71(107(79,80)81)70(64)106-69(60)63)61-3-2-4-62(59-61)72(78)75-10-12-83-14-16-85-18-20-87-22-24-89-26-28-91-30-32-93-34-36-95-38-40-97-42-44-99-46-48-101-50-52-103-54-56-105-58-57-104-55-53-102-51-49-100-47-45-98-43-41-96-39-37-94-35-33-92-31-29-90-27-25-88-23-21-86-19-17-84-15-13-82-11-9-67(76)77;1-11-17(23)9-7-15-19(13-5-3-4-6-14(13)22(25)26)16-8-10-18(24)12(2)21(16)27-20(11)15;1-3(2)4;2-1-3/h2-8,59,73H,9-58,74H2,1H3,(H,75,78)(H,76,77)(H,79,80,81);3-10,23H,24H2,1-2H3,(H,25,26);1-2H3;/p-1. The summed E-state index contributed by atoms with van der Waals surface area (Å²) in [4.78, 5) is 60.4. The Hall–Kier alpha value is -9.73. The van der Waals surface area contributed by atoms with E-state index in [1.54, 1.807) is 79.7 Å². The van der Waals surface area contributed by atoms with Gasteiger partial charge in [0.05, 0.1) is 346 Å². The van der Waals surface area contributed by atoms with Gasteiger partial charge in [0.25, 0.3) is 5.91 Å². The Balaban J connectivity index is 0.000000854. The Morgan fingerprint density at radius 2 is 0.645 bits per heavy atom. The molecule has 0 unspecified atom stereocenters. The Kier molecular flexibility index (Phi) is 66.4. The van der Waals surface area contributed by atoms with E-state index in [0.29, 0.717) is 371 Å². The molecule has 8 rings (SSSR count). The smallest absolute Gasteiger partial charge is 0.373 e. The van der Waals surface area contributed by atoms with Gasteiger partial charge in [-0.1, -0.05) is 30.3 Å². The molecule has 2 aliphatic heterocycles. The maximum absolute atomic E-state index is 13.2. The Labute approximate surface area is 821 Å². The maximum Gasteiger partial charge on any atom is 0.373 e. The molecule has 0 aromatic heterocycles. The van der Waals surface area contributed by atoms with Gasteiger partial charge in [-0.05, 0) is 112 Å². The second-order valence-electron chi connectivity index (χ2n) is 30.2. The lowest BCUT2D eigenvalue weighted by Crippen LogP contribution is -2.27. The number of hydrogen-bond acceptors (Lipinski definition) is 39. The first-order valence-corrected chi connectivity index (χ1v) is 47.8. The average Bonchev–Trinajstić information content (AvgIpc) is 0.736. The number of hydrogen-bond donors (Lipinski definition) is 7. The third kappa shape index (κ3) is 51.9. The number of nitrogen functional groups attached to an aromatic ring is 2. The number of aryl methyl sites for hydroxylation is 1. The first-order chi connectivity index (χ1) is 68.5. The van der Waals surface area contributed by atoms with Crippen LogP contribution in [0, 0.1) is 31.6 Å². The molecule has 43 heteroatoms. The number of Topliss-reactive ketones (excluding diaryl/α,β-unsaturated/α-hetero) is 1. The average molecular weight is 2010 g/mol. The molecule has 2 heterocycles. The molecule has 0 radical (unpaired) electrons. The first kappa shape index (κ1) is 122. The van der Waals surface area contributed by atoms with Gasteiger partial charge in [0.1, 0.15) is 37.9 Å². The van der Waals surface area contributed by atoms with Crippen LogP contribution >= 0.6 is 0 Å². The number of nitrogens with one attached hydrogen (secondary N) is 3. The van der Waals surface area contributed by atoms with E-state index in [2.05, 4.69) is 5.32 Å². The highest BCUT2D eigenvalue weighted by Gasteiger charge is 2.27. The van der Waals surface area contributed by atoms with E-state index in [9.17, 15) is 37.3 Å². The van der Waals surface area contributed by atoms with E-state index in [1.807, 2.05) is 32.0 Å². The first-order valence-electron chi connectivity index (χ1n) is 46.4. The van der Waals surface area contributed by atoms with Gasteiger partial charge in [-0.15, -0.1) is 0 Å². The summed E-state index contributed by atoms with van der Waals surface area (Å²) in [6, 6.07) is 27.0. The molecule has 42 nitrogen and oxygen atoms in total. The van der Waals surface area contributed by atoms with Gasteiger partial charge in [-0.25, -0.2) is 13.2 Å². The van der Waals surface area contributed by atoms with Crippen LogP contribution in [0.5, 0.6) is 0 Å². The third-order valence-corrected chi connectivity index (χ3v) is 20.4. The summed E-state index contributed by atoms with van der Waals surface area (Å²) in [5.41, 5.74) is 19.0. The summed E-state index contributed by atoms with van der Waals surface area (Å²) in [5, 5.41) is 39.1. The Morgan fingerprint density at radius 1 is 0.362 bits per heavy atom. The molecular formula is C98H140N5O37S-. The summed E-state index contributed by atoms with van der Waals surface area (Å²) in [5.74, 6) is -1.28. The highest BCUT2D eigenvalue weighted by molar-refractivity contribution is 7.86. The number of carbonyl (C=O) groups is 4. The Bertz CT molecular complexity index is 5000. The maximum atomic E-state index is 13.2. The lowest BCUT2D eigenvalue weighted by Gasteiger charge is -2.20. The minimum atomic E-state index is -5.05. The number of ketones is 1. The number of anilines is 2. The molecule has 141 heavy (non-hydrogen) atoms. The molecule has 1 amide bonds. The number of carbonyl (C=O) groups excluding carboxylic acids is 4. The highest BCUT2D eigenvalue weighted by Crippen LogP contribution is 2.46. The minimum absolute atomic E-state index is 0.0147. The van der Waals surface area contributed by atoms with E-state index in [4.69, 9.17) is 160 Å². The third-order valence-electron chi connectivity index (χ3n) is 19.5. The second-order valence-corrected chi connectivity index (χ2v) is 31.5. The number of benzene rings is 6. The van der Waals surface area contributed by atoms with Crippen molar-refractivity contribution in [3.63, 3.8) is 0 Å². The van der Waals surface area contributed by atoms with Gasteiger partial charge in [0.2, 0.25) is 0 Å².